The summed E-state index contributed by atoms with van der Waals surface area (Å²) < 4.78 is 6.48. The van der Waals surface area contributed by atoms with Crippen molar-refractivity contribution < 1.29 is 9.53 Å². The third-order valence-electron chi connectivity index (χ3n) is 6.14. The van der Waals surface area contributed by atoms with Crippen molar-refractivity contribution in [2.75, 3.05) is 31.6 Å². The third-order valence-corrected chi connectivity index (χ3v) is 6.67. The van der Waals surface area contributed by atoms with Crippen molar-refractivity contribution in [2.24, 2.45) is 5.92 Å². The number of rotatable bonds is 2. The van der Waals surface area contributed by atoms with E-state index in [0.717, 1.165) is 22.1 Å². The summed E-state index contributed by atoms with van der Waals surface area (Å²) in [5, 5.41) is 3.75. The quantitative estimate of drug-likeness (QED) is 0.687. The normalized spacial score (nSPS) is 25.8. The molecule has 5 heteroatoms. The van der Waals surface area contributed by atoms with E-state index in [-0.39, 0.29) is 11.9 Å². The SMILES string of the molecule is O=C(c1ccc2c(c1)[C@@H]1C=CC[C@H]1[C@@H](c1ccc(Br)cc1)N2)N1CCOCC1. The molecule has 3 atom stereocenters. The number of allylic oxidation sites excluding steroid dienone is 2. The Morgan fingerprint density at radius 1 is 1.11 bits per heavy atom. The fourth-order valence-corrected chi connectivity index (χ4v) is 4.94. The molecule has 1 fully saturated rings. The largest absolute Gasteiger partial charge is 0.378 e. The summed E-state index contributed by atoms with van der Waals surface area (Å²) in [6.45, 7) is 2.60. The lowest BCUT2D eigenvalue weighted by Gasteiger charge is -2.38. The van der Waals surface area contributed by atoms with Gasteiger partial charge in [-0.25, -0.2) is 0 Å². The Hall–Kier alpha value is -2.11. The number of anilines is 1. The van der Waals surface area contributed by atoms with E-state index in [1.165, 1.54) is 11.1 Å². The number of benzene rings is 2. The van der Waals surface area contributed by atoms with Gasteiger partial charge >= 0.3 is 0 Å². The van der Waals surface area contributed by atoms with E-state index in [2.05, 4.69) is 69.8 Å². The molecule has 0 saturated carbocycles. The van der Waals surface area contributed by atoms with E-state index in [9.17, 15) is 4.79 Å². The number of hydrogen-bond acceptors (Lipinski definition) is 3. The minimum Gasteiger partial charge on any atom is -0.378 e. The maximum absolute atomic E-state index is 12.9. The van der Waals surface area contributed by atoms with Crippen LogP contribution in [-0.2, 0) is 4.74 Å². The van der Waals surface area contributed by atoms with Crippen molar-refractivity contribution in [1.82, 2.24) is 4.90 Å². The highest BCUT2D eigenvalue weighted by atomic mass is 79.9. The molecule has 0 bridgehead atoms. The molecule has 2 heterocycles. The lowest BCUT2D eigenvalue weighted by Crippen LogP contribution is -2.40. The van der Waals surface area contributed by atoms with Gasteiger partial charge in [-0.2, -0.15) is 0 Å². The average molecular weight is 439 g/mol. The lowest BCUT2D eigenvalue weighted by atomic mass is 9.76. The number of nitrogens with one attached hydrogen (secondary N) is 1. The molecule has 0 unspecified atom stereocenters. The molecule has 1 aliphatic carbocycles. The highest BCUT2D eigenvalue weighted by Crippen LogP contribution is 2.50. The molecule has 0 spiro atoms. The van der Waals surface area contributed by atoms with Gasteiger partial charge in [0.2, 0.25) is 0 Å². The number of ether oxygens (including phenoxy) is 1. The zero-order chi connectivity index (χ0) is 19.1. The lowest BCUT2D eigenvalue weighted by molar-refractivity contribution is 0.0303. The topological polar surface area (TPSA) is 41.6 Å². The monoisotopic (exact) mass is 438 g/mol. The van der Waals surface area contributed by atoms with Crippen molar-refractivity contribution in [3.8, 4) is 0 Å². The molecular formula is C23H23BrN2O2. The van der Waals surface area contributed by atoms with E-state index in [1.807, 2.05) is 11.0 Å². The Kier molecular flexibility index (Phi) is 4.73. The summed E-state index contributed by atoms with van der Waals surface area (Å²) in [7, 11) is 0. The highest BCUT2D eigenvalue weighted by Gasteiger charge is 2.38. The van der Waals surface area contributed by atoms with Crippen LogP contribution in [0.1, 0.15) is 39.9 Å². The Morgan fingerprint density at radius 3 is 2.68 bits per heavy atom. The molecule has 0 radical (unpaired) electrons. The molecule has 1 amide bonds. The minimum atomic E-state index is 0.111. The van der Waals surface area contributed by atoms with Gasteiger partial charge in [0.15, 0.2) is 0 Å². The maximum atomic E-state index is 12.9. The van der Waals surface area contributed by atoms with Crippen LogP contribution in [0.15, 0.2) is 59.1 Å². The number of carbonyl (C=O) groups is 1. The first-order chi connectivity index (χ1) is 13.7. The highest BCUT2D eigenvalue weighted by molar-refractivity contribution is 9.10. The molecule has 144 valence electrons. The zero-order valence-corrected chi connectivity index (χ0v) is 17.2. The van der Waals surface area contributed by atoms with Crippen LogP contribution >= 0.6 is 15.9 Å². The zero-order valence-electron chi connectivity index (χ0n) is 15.6. The van der Waals surface area contributed by atoms with Crippen molar-refractivity contribution in [2.45, 2.75) is 18.4 Å². The number of carbonyl (C=O) groups excluding carboxylic acids is 1. The van der Waals surface area contributed by atoms with Crippen LogP contribution < -0.4 is 5.32 Å². The summed E-state index contributed by atoms with van der Waals surface area (Å²) in [6.07, 6.45) is 5.66. The Labute approximate surface area is 173 Å². The first kappa shape index (κ1) is 18.0. The van der Waals surface area contributed by atoms with Gasteiger partial charge in [0, 0.05) is 34.7 Å². The molecule has 2 aromatic carbocycles. The van der Waals surface area contributed by atoms with Crippen LogP contribution in [0, 0.1) is 5.92 Å². The van der Waals surface area contributed by atoms with Gasteiger partial charge in [-0.05, 0) is 53.8 Å². The van der Waals surface area contributed by atoms with Crippen LogP contribution in [0.25, 0.3) is 0 Å². The Morgan fingerprint density at radius 2 is 1.89 bits per heavy atom. The number of amides is 1. The van der Waals surface area contributed by atoms with Gasteiger partial charge in [0.05, 0.1) is 19.3 Å². The number of morpholine rings is 1. The molecular weight excluding hydrogens is 416 g/mol. The molecule has 5 rings (SSSR count). The van der Waals surface area contributed by atoms with E-state index in [4.69, 9.17) is 4.74 Å². The van der Waals surface area contributed by atoms with Crippen LogP contribution in [0.3, 0.4) is 0 Å². The molecule has 1 saturated heterocycles. The predicted molar refractivity (Wildman–Crippen MR) is 114 cm³/mol. The van der Waals surface area contributed by atoms with Gasteiger partial charge < -0.3 is 15.0 Å². The second kappa shape index (κ2) is 7.37. The molecule has 1 N–H and O–H groups in total. The molecule has 0 aromatic heterocycles. The van der Waals surface area contributed by atoms with Crippen LogP contribution in [0.5, 0.6) is 0 Å². The number of hydrogen-bond donors (Lipinski definition) is 1. The fourth-order valence-electron chi connectivity index (χ4n) is 4.68. The van der Waals surface area contributed by atoms with E-state index >= 15 is 0 Å². The van der Waals surface area contributed by atoms with Crippen LogP contribution in [0.2, 0.25) is 0 Å². The second-order valence-corrected chi connectivity index (χ2v) is 8.65. The summed E-state index contributed by atoms with van der Waals surface area (Å²) in [6, 6.07) is 15.0. The van der Waals surface area contributed by atoms with Gasteiger partial charge in [0.25, 0.3) is 5.91 Å². The predicted octanol–water partition coefficient (Wildman–Crippen LogP) is 4.75. The maximum Gasteiger partial charge on any atom is 0.254 e. The van der Waals surface area contributed by atoms with Crippen LogP contribution in [0.4, 0.5) is 5.69 Å². The molecule has 2 aromatic rings. The second-order valence-electron chi connectivity index (χ2n) is 7.73. The minimum absolute atomic E-state index is 0.111. The average Bonchev–Trinajstić information content (AvgIpc) is 3.24. The van der Waals surface area contributed by atoms with Crippen molar-refractivity contribution in [3.05, 3.63) is 75.8 Å². The summed E-state index contributed by atoms with van der Waals surface area (Å²) in [5.41, 5.74) is 4.47. The number of nitrogens with zero attached hydrogens (tertiary/aromatic N) is 1. The Bertz CT molecular complexity index is 919. The summed E-state index contributed by atoms with van der Waals surface area (Å²) in [5.74, 6) is 0.935. The number of halogens is 1. The van der Waals surface area contributed by atoms with Crippen molar-refractivity contribution >= 4 is 27.5 Å². The van der Waals surface area contributed by atoms with Crippen molar-refractivity contribution in [3.63, 3.8) is 0 Å². The van der Waals surface area contributed by atoms with E-state index in [1.54, 1.807) is 0 Å². The molecule has 3 aliphatic rings. The van der Waals surface area contributed by atoms with E-state index < -0.39 is 0 Å². The summed E-state index contributed by atoms with van der Waals surface area (Å²) in [4.78, 5) is 14.8. The smallest absolute Gasteiger partial charge is 0.254 e. The molecule has 4 nitrogen and oxygen atoms in total. The fraction of sp³-hybridized carbons (Fsp3) is 0.348. The van der Waals surface area contributed by atoms with Gasteiger partial charge in [-0.1, -0.05) is 40.2 Å². The standard InChI is InChI=1S/C23H23BrN2O2/c24-17-7-4-15(5-8-17)22-19-3-1-2-18(19)20-14-16(6-9-21(20)25-22)23(27)26-10-12-28-13-11-26/h1-2,4-9,14,18-19,22,25H,3,10-13H2/t18-,19-,22-/m1/s1. The van der Waals surface area contributed by atoms with Gasteiger partial charge in [0.1, 0.15) is 0 Å². The van der Waals surface area contributed by atoms with E-state index in [0.29, 0.717) is 38.1 Å². The van der Waals surface area contributed by atoms with Crippen molar-refractivity contribution in [1.29, 1.82) is 0 Å². The van der Waals surface area contributed by atoms with Gasteiger partial charge in [-0.15, -0.1) is 0 Å². The molecule has 28 heavy (non-hydrogen) atoms. The summed E-state index contributed by atoms with van der Waals surface area (Å²) >= 11 is 3.53. The van der Waals surface area contributed by atoms with Gasteiger partial charge in [-0.3, -0.25) is 4.79 Å². The molecule has 2 aliphatic heterocycles. The first-order valence-corrected chi connectivity index (χ1v) is 10.7. The Balaban J connectivity index is 1.47. The first-order valence-electron chi connectivity index (χ1n) is 9.90. The third kappa shape index (κ3) is 3.16. The van der Waals surface area contributed by atoms with Crippen LogP contribution in [-0.4, -0.2) is 37.1 Å². The number of fused-ring (bicyclic) bond motifs is 3.